The van der Waals surface area contributed by atoms with Crippen LogP contribution in [0.1, 0.15) is 67.2 Å². The molecule has 3 aliphatic rings. The number of fused-ring (bicyclic) bond motifs is 1. The Morgan fingerprint density at radius 2 is 1.78 bits per heavy atom. The molecule has 14 nitrogen and oxygen atoms in total. The number of pyridine rings is 1. The number of methoxy groups -OCH3 is 1. The van der Waals surface area contributed by atoms with E-state index in [9.17, 15) is 27.6 Å². The van der Waals surface area contributed by atoms with Gasteiger partial charge in [-0.05, 0) is 63.6 Å². The third-order valence-corrected chi connectivity index (χ3v) is 11.0. The van der Waals surface area contributed by atoms with Crippen molar-refractivity contribution in [3.05, 3.63) is 42.9 Å². The van der Waals surface area contributed by atoms with E-state index in [1.807, 2.05) is 0 Å². The van der Waals surface area contributed by atoms with Crippen LogP contribution in [0.25, 0.3) is 10.8 Å². The fraction of sp³-hybridized carbons (Fsp3) is 0.571. The summed E-state index contributed by atoms with van der Waals surface area (Å²) in [6.45, 7) is 13.9. The molecule has 1 aromatic carbocycles. The first-order valence-corrected chi connectivity index (χ1v) is 18.3. The summed E-state index contributed by atoms with van der Waals surface area (Å²) in [5.41, 5.74) is -3.31. The molecule has 51 heavy (non-hydrogen) atoms. The molecule has 2 heterocycles. The maximum atomic E-state index is 15.1. The zero-order valence-corrected chi connectivity index (χ0v) is 30.7. The summed E-state index contributed by atoms with van der Waals surface area (Å²) in [7, 11) is -2.58. The van der Waals surface area contributed by atoms with Crippen LogP contribution < -0.4 is 24.8 Å². The molecule has 1 aliphatic heterocycles. The monoisotopic (exact) mass is 731 g/mol. The maximum Gasteiger partial charge on any atom is 0.408 e. The molecule has 5 atom stereocenters. The van der Waals surface area contributed by atoms with Crippen molar-refractivity contribution >= 4 is 44.6 Å². The van der Waals surface area contributed by atoms with Gasteiger partial charge in [-0.1, -0.05) is 26.8 Å². The van der Waals surface area contributed by atoms with Gasteiger partial charge >= 0.3 is 6.09 Å². The van der Waals surface area contributed by atoms with E-state index >= 15 is 4.39 Å². The first-order chi connectivity index (χ1) is 23.7. The van der Waals surface area contributed by atoms with Gasteiger partial charge in [-0.25, -0.2) is 22.6 Å². The third-order valence-electron chi connectivity index (χ3n) is 9.18. The first kappa shape index (κ1) is 37.8. The Hall–Kier alpha value is -4.47. The van der Waals surface area contributed by atoms with E-state index in [0.717, 1.165) is 0 Å². The molecular formula is C35H46FN5O9S. The minimum absolute atomic E-state index is 0.0283. The quantitative estimate of drug-likeness (QED) is 0.290. The molecule has 0 bridgehead atoms. The molecule has 1 aromatic heterocycles. The van der Waals surface area contributed by atoms with Gasteiger partial charge in [-0.15, -0.1) is 6.58 Å². The van der Waals surface area contributed by atoms with Crippen LogP contribution in [0.2, 0.25) is 0 Å². The largest absolute Gasteiger partial charge is 0.494 e. The number of sulfonamides is 1. The van der Waals surface area contributed by atoms with Gasteiger partial charge in [0.25, 0.3) is 5.91 Å². The van der Waals surface area contributed by atoms with E-state index in [1.165, 1.54) is 36.4 Å². The summed E-state index contributed by atoms with van der Waals surface area (Å²) < 4.78 is 59.3. The smallest absolute Gasteiger partial charge is 0.408 e. The lowest BCUT2D eigenvalue weighted by atomic mass is 9.85. The van der Waals surface area contributed by atoms with Gasteiger partial charge in [0.15, 0.2) is 11.6 Å². The average Bonchev–Trinajstić information content (AvgIpc) is 3.95. The average molecular weight is 732 g/mol. The highest BCUT2D eigenvalue weighted by atomic mass is 32.2. The van der Waals surface area contributed by atoms with E-state index in [-0.39, 0.29) is 36.4 Å². The summed E-state index contributed by atoms with van der Waals surface area (Å²) >= 11 is 0. The molecule has 0 radical (unpaired) electrons. The van der Waals surface area contributed by atoms with E-state index in [0.29, 0.717) is 18.2 Å². The second-order valence-electron chi connectivity index (χ2n) is 15.4. The lowest BCUT2D eigenvalue weighted by Crippen LogP contribution is -2.60. The second-order valence-corrected chi connectivity index (χ2v) is 17.4. The van der Waals surface area contributed by atoms with Crippen LogP contribution in [0, 0.1) is 17.2 Å². The first-order valence-electron chi connectivity index (χ1n) is 16.8. The van der Waals surface area contributed by atoms with Crippen molar-refractivity contribution in [3.63, 3.8) is 0 Å². The molecule has 5 rings (SSSR count). The second kappa shape index (κ2) is 13.6. The molecule has 3 fully saturated rings. The Morgan fingerprint density at radius 3 is 2.35 bits per heavy atom. The number of hydrogen-bond donors (Lipinski definition) is 3. The molecule has 1 saturated heterocycles. The van der Waals surface area contributed by atoms with Crippen LogP contribution in [0.4, 0.5) is 9.18 Å². The topological polar surface area (TPSA) is 182 Å². The van der Waals surface area contributed by atoms with Gasteiger partial charge in [0.05, 0.1) is 18.9 Å². The van der Waals surface area contributed by atoms with Crippen molar-refractivity contribution in [2.24, 2.45) is 11.3 Å². The zero-order valence-electron chi connectivity index (χ0n) is 29.9. The van der Waals surface area contributed by atoms with Crippen molar-refractivity contribution in [1.82, 2.24) is 25.2 Å². The molecular weight excluding hydrogens is 685 g/mol. The third kappa shape index (κ3) is 8.05. The van der Waals surface area contributed by atoms with Crippen LogP contribution in [0.15, 0.2) is 37.1 Å². The van der Waals surface area contributed by atoms with E-state index in [1.54, 1.807) is 47.6 Å². The fourth-order valence-electron chi connectivity index (χ4n) is 6.21. The van der Waals surface area contributed by atoms with Crippen molar-refractivity contribution < 1.29 is 46.2 Å². The van der Waals surface area contributed by atoms with Gasteiger partial charge in [-0.2, -0.15) is 0 Å². The predicted octanol–water partition coefficient (Wildman–Crippen LogP) is 3.34. The Kier molecular flexibility index (Phi) is 10.1. The summed E-state index contributed by atoms with van der Waals surface area (Å²) in [5.74, 6) is -3.32. The molecule has 0 spiro atoms. The maximum absolute atomic E-state index is 15.1. The van der Waals surface area contributed by atoms with Gasteiger partial charge in [0, 0.05) is 29.3 Å². The van der Waals surface area contributed by atoms with Gasteiger partial charge in [-0.3, -0.25) is 19.1 Å². The Balaban J connectivity index is 1.46. The number of nitrogens with one attached hydrogen (secondary N) is 3. The SMILES string of the molecule is C=CC1CC1(NC(=O)C1CC(Oc2nccc3c(F)c(OC)ccc23)CN1C(=O)C(NC(=O)OC(C)(C)C)C(C)(C)C)C(=O)NS(=O)(=O)C1CC1. The number of alkyl carbamates (subject to hydrolysis) is 1. The van der Waals surface area contributed by atoms with Crippen molar-refractivity contribution in [3.8, 4) is 11.6 Å². The van der Waals surface area contributed by atoms with Gasteiger partial charge < -0.3 is 29.7 Å². The number of hydrogen-bond acceptors (Lipinski definition) is 10. The predicted molar refractivity (Wildman–Crippen MR) is 185 cm³/mol. The molecule has 2 aromatic rings. The van der Waals surface area contributed by atoms with Crippen LogP contribution in [0.5, 0.6) is 11.6 Å². The number of carbonyl (C=O) groups is 4. The highest BCUT2D eigenvalue weighted by Crippen LogP contribution is 2.45. The number of carbonyl (C=O) groups excluding carboxylic acids is 4. The number of nitrogens with zero attached hydrogens (tertiary/aromatic N) is 2. The van der Waals surface area contributed by atoms with Crippen molar-refractivity contribution in [2.75, 3.05) is 13.7 Å². The van der Waals surface area contributed by atoms with Crippen LogP contribution in [0.3, 0.4) is 0 Å². The van der Waals surface area contributed by atoms with Crippen LogP contribution in [-0.4, -0.2) is 90.3 Å². The number of ether oxygens (including phenoxy) is 3. The van der Waals surface area contributed by atoms with Crippen molar-refractivity contribution in [1.29, 1.82) is 0 Å². The Bertz CT molecular complexity index is 1850. The lowest BCUT2D eigenvalue weighted by molar-refractivity contribution is -0.143. The lowest BCUT2D eigenvalue weighted by Gasteiger charge is -2.36. The molecule has 2 aliphatic carbocycles. The van der Waals surface area contributed by atoms with Gasteiger partial charge in [0.2, 0.25) is 27.7 Å². The molecule has 4 amide bonds. The summed E-state index contributed by atoms with van der Waals surface area (Å²) in [6.07, 6.45) is 2.06. The molecule has 3 N–H and O–H groups in total. The minimum Gasteiger partial charge on any atom is -0.494 e. The molecule has 278 valence electrons. The number of benzene rings is 1. The molecule has 16 heteroatoms. The van der Waals surface area contributed by atoms with Gasteiger partial charge in [0.1, 0.15) is 29.3 Å². The van der Waals surface area contributed by atoms with Crippen LogP contribution >= 0.6 is 0 Å². The number of halogens is 1. The van der Waals surface area contributed by atoms with E-state index in [2.05, 4.69) is 26.9 Å². The molecule has 2 saturated carbocycles. The Morgan fingerprint density at radius 1 is 1.10 bits per heavy atom. The summed E-state index contributed by atoms with van der Waals surface area (Å²) in [4.78, 5) is 60.5. The van der Waals surface area contributed by atoms with Crippen LogP contribution in [-0.2, 0) is 29.1 Å². The summed E-state index contributed by atoms with van der Waals surface area (Å²) in [5, 5.41) is 5.25. The van der Waals surface area contributed by atoms with Crippen molar-refractivity contribution in [2.45, 2.75) is 102 Å². The molecule has 5 unspecified atom stereocenters. The number of aromatic nitrogens is 1. The zero-order chi connectivity index (χ0) is 37.7. The normalized spacial score (nSPS) is 23.9. The van der Waals surface area contributed by atoms with E-state index in [4.69, 9.17) is 14.2 Å². The number of likely N-dealkylation sites (tertiary alicyclic amines) is 1. The summed E-state index contributed by atoms with van der Waals surface area (Å²) in [6, 6.07) is 2.10. The fourth-order valence-corrected chi connectivity index (χ4v) is 7.58. The highest BCUT2D eigenvalue weighted by molar-refractivity contribution is 7.91. The highest BCUT2D eigenvalue weighted by Gasteiger charge is 2.62. The Labute approximate surface area is 296 Å². The minimum atomic E-state index is -3.92. The standard InChI is InChI=1S/C35H46FN5O9S/c1-9-19-17-35(19,31(44)40-51(46,47)21-10-11-21)39-28(42)24-16-20(49-29-23-12-13-25(48-8)26(36)22(23)14-15-37-29)18-41(24)30(43)27(33(2,3)4)38-32(45)50-34(5,6)7/h9,12-15,19-21,24,27H,1,10-11,16-18H2,2-8H3,(H,38,45)(H,39,42)(H,40,44). The number of rotatable bonds is 11. The van der Waals surface area contributed by atoms with E-state index < -0.39 is 85.6 Å². The number of amides is 4.